The van der Waals surface area contributed by atoms with E-state index in [0.29, 0.717) is 18.2 Å². The zero-order valence-corrected chi connectivity index (χ0v) is 15.8. The van der Waals surface area contributed by atoms with Crippen molar-refractivity contribution in [2.45, 2.75) is 44.3 Å². The molecule has 6 heteroatoms. The van der Waals surface area contributed by atoms with Crippen molar-refractivity contribution < 1.29 is 9.21 Å². The zero-order chi connectivity index (χ0) is 18.1. The van der Waals surface area contributed by atoms with Gasteiger partial charge in [0, 0.05) is 11.5 Å². The summed E-state index contributed by atoms with van der Waals surface area (Å²) in [6.07, 6.45) is 3.98. The molecule has 0 radical (unpaired) electrons. The summed E-state index contributed by atoms with van der Waals surface area (Å²) in [4.78, 5) is 12.6. The lowest BCUT2D eigenvalue weighted by molar-refractivity contribution is 0.102. The highest BCUT2D eigenvalue weighted by Crippen LogP contribution is 2.40. The molecule has 0 aliphatic heterocycles. The number of aromatic nitrogens is 3. The average Bonchev–Trinajstić information content (AvgIpc) is 3.20. The quantitative estimate of drug-likeness (QED) is 0.458. The molecule has 1 saturated carbocycles. The monoisotopic (exact) mass is 367 g/mol. The molecule has 1 aromatic carbocycles. The van der Waals surface area contributed by atoms with Gasteiger partial charge in [0.25, 0.3) is 0 Å². The summed E-state index contributed by atoms with van der Waals surface area (Å²) < 4.78 is 7.58. The highest BCUT2D eigenvalue weighted by molar-refractivity contribution is 7.99. The van der Waals surface area contributed by atoms with Gasteiger partial charge in [0.1, 0.15) is 11.6 Å². The first kappa shape index (κ1) is 17.1. The normalized spacial score (nSPS) is 13.9. The molecule has 0 spiro atoms. The molecule has 0 unspecified atom stereocenters. The van der Waals surface area contributed by atoms with Gasteiger partial charge in [0.2, 0.25) is 0 Å². The third-order valence-corrected chi connectivity index (χ3v) is 5.71. The summed E-state index contributed by atoms with van der Waals surface area (Å²) in [5, 5.41) is 9.49. The zero-order valence-electron chi connectivity index (χ0n) is 14.9. The number of benzene rings is 1. The lowest BCUT2D eigenvalue weighted by Gasteiger charge is -2.08. The van der Waals surface area contributed by atoms with Crippen LogP contribution in [0.4, 0.5) is 0 Å². The van der Waals surface area contributed by atoms with Crippen molar-refractivity contribution in [1.82, 2.24) is 14.8 Å². The standard InChI is InChI=1S/C20H21N3O2S/c1-13-5-6-16(10-14(13)2)18(24)12-26-20-22-21-19(15-7-8-15)23(20)11-17-4-3-9-25-17/h3-6,9-10,15H,7-8,11-12H2,1-2H3. The maximum atomic E-state index is 12.6. The van der Waals surface area contributed by atoms with Crippen LogP contribution >= 0.6 is 11.8 Å². The minimum absolute atomic E-state index is 0.110. The third-order valence-electron chi connectivity index (χ3n) is 4.74. The van der Waals surface area contributed by atoms with Crippen LogP contribution in [0.2, 0.25) is 0 Å². The second kappa shape index (κ2) is 7.11. The summed E-state index contributed by atoms with van der Waals surface area (Å²) in [5.74, 6) is 2.82. The van der Waals surface area contributed by atoms with Crippen LogP contribution in [-0.2, 0) is 6.54 Å². The first-order valence-corrected chi connectivity index (χ1v) is 9.79. The third kappa shape index (κ3) is 3.60. The van der Waals surface area contributed by atoms with E-state index in [1.807, 2.05) is 37.3 Å². The Kier molecular flexibility index (Phi) is 4.68. The molecule has 5 nitrogen and oxygen atoms in total. The number of aryl methyl sites for hydroxylation is 2. The Morgan fingerprint density at radius 2 is 2.08 bits per heavy atom. The maximum Gasteiger partial charge on any atom is 0.192 e. The Balaban J connectivity index is 1.50. The van der Waals surface area contributed by atoms with E-state index in [0.717, 1.165) is 40.7 Å². The van der Waals surface area contributed by atoms with E-state index in [1.165, 1.54) is 17.3 Å². The number of hydrogen-bond donors (Lipinski definition) is 0. The van der Waals surface area contributed by atoms with Crippen molar-refractivity contribution in [3.8, 4) is 0 Å². The van der Waals surface area contributed by atoms with E-state index in [1.54, 1.807) is 6.26 Å². The summed E-state index contributed by atoms with van der Waals surface area (Å²) in [6.45, 7) is 4.68. The van der Waals surface area contributed by atoms with Gasteiger partial charge in [-0.1, -0.05) is 23.9 Å². The van der Waals surface area contributed by atoms with Gasteiger partial charge in [-0.2, -0.15) is 0 Å². The number of hydrogen-bond acceptors (Lipinski definition) is 5. The summed E-state index contributed by atoms with van der Waals surface area (Å²) in [6, 6.07) is 9.69. The number of carbonyl (C=O) groups excluding carboxylic acids is 1. The second-order valence-corrected chi connectivity index (χ2v) is 7.73. The molecule has 0 saturated heterocycles. The number of nitrogens with zero attached hydrogens (tertiary/aromatic N) is 3. The number of thioether (sulfide) groups is 1. The molecule has 1 aliphatic carbocycles. The predicted molar refractivity (Wildman–Crippen MR) is 101 cm³/mol. The molecule has 1 aliphatic rings. The lowest BCUT2D eigenvalue weighted by Crippen LogP contribution is -2.08. The Hall–Kier alpha value is -2.34. The Bertz CT molecular complexity index is 927. The number of rotatable bonds is 7. The maximum absolute atomic E-state index is 12.6. The van der Waals surface area contributed by atoms with Gasteiger partial charge in [0.05, 0.1) is 18.6 Å². The summed E-state index contributed by atoms with van der Waals surface area (Å²) in [7, 11) is 0. The Morgan fingerprint density at radius 1 is 1.23 bits per heavy atom. The van der Waals surface area contributed by atoms with Gasteiger partial charge in [-0.25, -0.2) is 0 Å². The van der Waals surface area contributed by atoms with Crippen molar-refractivity contribution >= 4 is 17.5 Å². The molecule has 2 heterocycles. The van der Waals surface area contributed by atoms with Crippen molar-refractivity contribution in [2.75, 3.05) is 5.75 Å². The fourth-order valence-corrected chi connectivity index (χ4v) is 3.72. The molecule has 134 valence electrons. The van der Waals surface area contributed by atoms with E-state index in [9.17, 15) is 4.79 Å². The van der Waals surface area contributed by atoms with Crippen LogP contribution in [0.15, 0.2) is 46.2 Å². The Morgan fingerprint density at radius 3 is 2.77 bits per heavy atom. The summed E-state index contributed by atoms with van der Waals surface area (Å²) >= 11 is 1.45. The largest absolute Gasteiger partial charge is 0.467 e. The van der Waals surface area contributed by atoms with Crippen LogP contribution < -0.4 is 0 Å². The number of Topliss-reactive ketones (excluding diaryl/α,β-unsaturated/α-hetero) is 1. The van der Waals surface area contributed by atoms with E-state index in [4.69, 9.17) is 4.42 Å². The van der Waals surface area contributed by atoms with Gasteiger partial charge in [0.15, 0.2) is 10.9 Å². The molecule has 0 amide bonds. The topological polar surface area (TPSA) is 60.9 Å². The molecular weight excluding hydrogens is 346 g/mol. The van der Waals surface area contributed by atoms with Crippen molar-refractivity contribution in [1.29, 1.82) is 0 Å². The second-order valence-electron chi connectivity index (χ2n) is 6.79. The number of ketones is 1. The molecule has 1 fully saturated rings. The van der Waals surface area contributed by atoms with Gasteiger partial charge < -0.3 is 4.42 Å². The molecule has 0 bridgehead atoms. The molecule has 0 atom stereocenters. The van der Waals surface area contributed by atoms with Crippen LogP contribution in [0.25, 0.3) is 0 Å². The SMILES string of the molecule is Cc1ccc(C(=O)CSc2nnc(C3CC3)n2Cc2ccco2)cc1C. The molecule has 0 N–H and O–H groups in total. The highest BCUT2D eigenvalue weighted by Gasteiger charge is 2.30. The van der Waals surface area contributed by atoms with Crippen LogP contribution in [0, 0.1) is 13.8 Å². The molecule has 3 aromatic rings. The van der Waals surface area contributed by atoms with Crippen molar-refractivity contribution in [3.63, 3.8) is 0 Å². The van der Waals surface area contributed by atoms with E-state index in [-0.39, 0.29) is 5.78 Å². The van der Waals surface area contributed by atoms with E-state index >= 15 is 0 Å². The van der Waals surface area contributed by atoms with Crippen molar-refractivity contribution in [3.05, 3.63) is 64.9 Å². The summed E-state index contributed by atoms with van der Waals surface area (Å²) in [5.41, 5.74) is 3.08. The van der Waals surface area contributed by atoms with Crippen LogP contribution in [0.3, 0.4) is 0 Å². The number of furan rings is 1. The van der Waals surface area contributed by atoms with Gasteiger partial charge in [-0.05, 0) is 56.0 Å². The molecule has 4 rings (SSSR count). The van der Waals surface area contributed by atoms with Crippen LogP contribution in [-0.4, -0.2) is 26.3 Å². The number of carbonyl (C=O) groups is 1. The molecule has 2 aromatic heterocycles. The first-order valence-electron chi connectivity index (χ1n) is 8.80. The van der Waals surface area contributed by atoms with Crippen molar-refractivity contribution in [2.24, 2.45) is 0 Å². The Labute approximate surface area is 156 Å². The van der Waals surface area contributed by atoms with Crippen LogP contribution in [0.1, 0.15) is 51.8 Å². The lowest BCUT2D eigenvalue weighted by atomic mass is 10.0. The minimum Gasteiger partial charge on any atom is -0.467 e. The molecule has 26 heavy (non-hydrogen) atoms. The fourth-order valence-electron chi connectivity index (χ4n) is 2.89. The predicted octanol–water partition coefficient (Wildman–Crippen LogP) is 4.39. The smallest absolute Gasteiger partial charge is 0.192 e. The van der Waals surface area contributed by atoms with Gasteiger partial charge in [-0.3, -0.25) is 9.36 Å². The minimum atomic E-state index is 0.110. The average molecular weight is 367 g/mol. The van der Waals surface area contributed by atoms with Gasteiger partial charge in [-0.15, -0.1) is 10.2 Å². The van der Waals surface area contributed by atoms with E-state index in [2.05, 4.69) is 21.7 Å². The van der Waals surface area contributed by atoms with Gasteiger partial charge >= 0.3 is 0 Å². The fraction of sp³-hybridized carbons (Fsp3) is 0.350. The molecular formula is C20H21N3O2S. The highest BCUT2D eigenvalue weighted by atomic mass is 32.2. The van der Waals surface area contributed by atoms with E-state index < -0.39 is 0 Å². The van der Waals surface area contributed by atoms with Crippen LogP contribution in [0.5, 0.6) is 0 Å². The first-order chi connectivity index (χ1) is 12.6.